The van der Waals surface area contributed by atoms with Crippen LogP contribution in [0.2, 0.25) is 0 Å². The Hall–Kier alpha value is -2.16. The lowest BCUT2D eigenvalue weighted by molar-refractivity contribution is 0.104. The van der Waals surface area contributed by atoms with Crippen molar-refractivity contribution < 1.29 is 4.79 Å². The van der Waals surface area contributed by atoms with Crippen molar-refractivity contribution in [3.63, 3.8) is 0 Å². The van der Waals surface area contributed by atoms with Gasteiger partial charge < -0.3 is 0 Å². The molecule has 1 aromatic carbocycles. The molecule has 2 rings (SSSR count). The number of benzene rings is 1. The summed E-state index contributed by atoms with van der Waals surface area (Å²) in [5.74, 6) is -0.0290. The normalized spacial score (nSPS) is 10.9. The summed E-state index contributed by atoms with van der Waals surface area (Å²) < 4.78 is 1.62. The maximum Gasteiger partial charge on any atom is 0.189 e. The molecule has 0 amide bonds. The van der Waals surface area contributed by atoms with Gasteiger partial charge in [0, 0.05) is 13.2 Å². The minimum atomic E-state index is -0.0290. The molecule has 0 aliphatic rings. The van der Waals surface area contributed by atoms with E-state index in [2.05, 4.69) is 5.10 Å². The Labute approximate surface area is 100 Å². The summed E-state index contributed by atoms with van der Waals surface area (Å²) in [6, 6.07) is 8.02. The van der Waals surface area contributed by atoms with Gasteiger partial charge in [-0.2, -0.15) is 5.10 Å². The van der Waals surface area contributed by atoms with Crippen LogP contribution < -0.4 is 0 Å². The number of rotatable bonds is 3. The number of nitrogens with zero attached hydrogens (tertiary/aromatic N) is 2. The molecule has 0 fully saturated rings. The third-order valence-electron chi connectivity index (χ3n) is 2.49. The van der Waals surface area contributed by atoms with Crippen LogP contribution in [-0.4, -0.2) is 15.6 Å². The van der Waals surface area contributed by atoms with E-state index in [1.165, 1.54) is 5.56 Å². The largest absolute Gasteiger partial charge is 0.289 e. The third-order valence-corrected chi connectivity index (χ3v) is 2.49. The molecule has 0 radical (unpaired) electrons. The molecule has 0 aliphatic carbocycles. The van der Waals surface area contributed by atoms with Gasteiger partial charge in [0.15, 0.2) is 5.78 Å². The average Bonchev–Trinajstić information content (AvgIpc) is 2.75. The molecule has 2 aromatic rings. The van der Waals surface area contributed by atoms with E-state index in [1.807, 2.05) is 37.3 Å². The van der Waals surface area contributed by atoms with Crippen molar-refractivity contribution in [1.29, 1.82) is 0 Å². The fraction of sp³-hybridized carbons (Fsp3) is 0.143. The Morgan fingerprint density at radius 3 is 2.59 bits per heavy atom. The quantitative estimate of drug-likeness (QED) is 0.595. The van der Waals surface area contributed by atoms with Crippen LogP contribution in [-0.2, 0) is 7.05 Å². The standard InChI is InChI=1S/C14H14N2O/c1-11-3-5-12(6-4-11)7-8-14(17)13-9-15-16(2)10-13/h3-10H,1-2H3. The molecule has 0 saturated heterocycles. The molecule has 0 N–H and O–H groups in total. The van der Waals surface area contributed by atoms with Crippen molar-refractivity contribution in [2.45, 2.75) is 6.92 Å². The van der Waals surface area contributed by atoms with Crippen molar-refractivity contribution in [1.82, 2.24) is 9.78 Å². The Balaban J connectivity index is 2.10. The first-order valence-corrected chi connectivity index (χ1v) is 5.43. The summed E-state index contributed by atoms with van der Waals surface area (Å²) in [6.07, 6.45) is 6.67. The lowest BCUT2D eigenvalue weighted by Gasteiger charge is -1.94. The number of aryl methyl sites for hydroxylation is 2. The number of aromatic nitrogens is 2. The summed E-state index contributed by atoms with van der Waals surface area (Å²) in [5, 5.41) is 3.97. The highest BCUT2D eigenvalue weighted by molar-refractivity contribution is 6.06. The van der Waals surface area contributed by atoms with Crippen LogP contribution in [0.1, 0.15) is 21.5 Å². The Bertz CT molecular complexity index is 550. The Morgan fingerprint density at radius 1 is 1.29 bits per heavy atom. The summed E-state index contributed by atoms with van der Waals surface area (Å²) in [6.45, 7) is 2.04. The van der Waals surface area contributed by atoms with Crippen LogP contribution in [0.4, 0.5) is 0 Å². The second-order valence-electron chi connectivity index (χ2n) is 4.01. The van der Waals surface area contributed by atoms with Gasteiger partial charge in [-0.15, -0.1) is 0 Å². The molecule has 0 saturated carbocycles. The lowest BCUT2D eigenvalue weighted by atomic mass is 10.1. The number of allylic oxidation sites excluding steroid dienone is 1. The number of hydrogen-bond donors (Lipinski definition) is 0. The van der Waals surface area contributed by atoms with Gasteiger partial charge in [-0.1, -0.05) is 35.9 Å². The van der Waals surface area contributed by atoms with Gasteiger partial charge in [0.2, 0.25) is 0 Å². The second-order valence-corrected chi connectivity index (χ2v) is 4.01. The average molecular weight is 226 g/mol. The minimum absolute atomic E-state index is 0.0290. The lowest BCUT2D eigenvalue weighted by Crippen LogP contribution is -1.91. The summed E-state index contributed by atoms with van der Waals surface area (Å²) >= 11 is 0. The van der Waals surface area contributed by atoms with Gasteiger partial charge in [0.25, 0.3) is 0 Å². The van der Waals surface area contributed by atoms with Crippen LogP contribution in [0.5, 0.6) is 0 Å². The van der Waals surface area contributed by atoms with Gasteiger partial charge in [0.05, 0.1) is 11.8 Å². The molecule has 0 unspecified atom stereocenters. The van der Waals surface area contributed by atoms with Gasteiger partial charge in [-0.3, -0.25) is 9.48 Å². The molecule has 0 atom stereocenters. The van der Waals surface area contributed by atoms with Gasteiger partial charge in [0.1, 0.15) is 0 Å². The SMILES string of the molecule is Cc1ccc(C=CC(=O)c2cnn(C)c2)cc1. The van der Waals surface area contributed by atoms with E-state index < -0.39 is 0 Å². The van der Waals surface area contributed by atoms with E-state index in [9.17, 15) is 4.79 Å². The topological polar surface area (TPSA) is 34.9 Å². The molecule has 1 aromatic heterocycles. The zero-order chi connectivity index (χ0) is 12.3. The van der Waals surface area contributed by atoms with Crippen molar-refractivity contribution >= 4 is 11.9 Å². The molecule has 17 heavy (non-hydrogen) atoms. The first kappa shape index (κ1) is 11.3. The van der Waals surface area contributed by atoms with E-state index in [4.69, 9.17) is 0 Å². The van der Waals surface area contributed by atoms with E-state index in [0.717, 1.165) is 5.56 Å². The maximum atomic E-state index is 11.8. The minimum Gasteiger partial charge on any atom is -0.289 e. The summed E-state index contributed by atoms with van der Waals surface area (Å²) in [7, 11) is 1.79. The second kappa shape index (κ2) is 4.78. The molecule has 3 nitrogen and oxygen atoms in total. The van der Waals surface area contributed by atoms with Crippen molar-refractivity contribution in [3.05, 3.63) is 59.4 Å². The van der Waals surface area contributed by atoms with E-state index in [1.54, 1.807) is 30.2 Å². The first-order valence-electron chi connectivity index (χ1n) is 5.43. The predicted octanol–water partition coefficient (Wildman–Crippen LogP) is 2.62. The van der Waals surface area contributed by atoms with Crippen molar-refractivity contribution in [3.8, 4) is 0 Å². The molecule has 1 heterocycles. The number of ketones is 1. The predicted molar refractivity (Wildman–Crippen MR) is 67.8 cm³/mol. The third kappa shape index (κ3) is 2.91. The monoisotopic (exact) mass is 226 g/mol. The zero-order valence-corrected chi connectivity index (χ0v) is 9.92. The van der Waals surface area contributed by atoms with Crippen LogP contribution >= 0.6 is 0 Å². The molecular weight excluding hydrogens is 212 g/mol. The van der Waals surface area contributed by atoms with Crippen molar-refractivity contribution in [2.75, 3.05) is 0 Å². The van der Waals surface area contributed by atoms with Crippen molar-refractivity contribution in [2.24, 2.45) is 7.05 Å². The van der Waals surface area contributed by atoms with Gasteiger partial charge in [-0.05, 0) is 18.6 Å². The first-order chi connectivity index (χ1) is 8.15. The number of hydrogen-bond acceptors (Lipinski definition) is 2. The maximum absolute atomic E-state index is 11.8. The van der Waals surface area contributed by atoms with E-state index in [-0.39, 0.29) is 5.78 Å². The number of carbonyl (C=O) groups excluding carboxylic acids is 1. The fourth-order valence-corrected chi connectivity index (χ4v) is 1.49. The van der Waals surface area contributed by atoms with Crippen LogP contribution in [0.3, 0.4) is 0 Å². The highest BCUT2D eigenvalue weighted by Crippen LogP contribution is 2.06. The number of carbonyl (C=O) groups is 1. The van der Waals surface area contributed by atoms with E-state index in [0.29, 0.717) is 5.56 Å². The molecular formula is C14H14N2O. The van der Waals surface area contributed by atoms with Crippen LogP contribution in [0, 0.1) is 6.92 Å². The molecule has 3 heteroatoms. The van der Waals surface area contributed by atoms with Crippen LogP contribution in [0.25, 0.3) is 6.08 Å². The highest BCUT2D eigenvalue weighted by Gasteiger charge is 2.03. The van der Waals surface area contributed by atoms with Gasteiger partial charge in [-0.25, -0.2) is 0 Å². The van der Waals surface area contributed by atoms with Gasteiger partial charge >= 0.3 is 0 Å². The van der Waals surface area contributed by atoms with E-state index >= 15 is 0 Å². The smallest absolute Gasteiger partial charge is 0.189 e. The highest BCUT2D eigenvalue weighted by atomic mass is 16.1. The molecule has 0 aliphatic heterocycles. The fourth-order valence-electron chi connectivity index (χ4n) is 1.49. The zero-order valence-electron chi connectivity index (χ0n) is 9.92. The summed E-state index contributed by atoms with van der Waals surface area (Å²) in [5.41, 5.74) is 2.84. The Morgan fingerprint density at radius 2 is 2.00 bits per heavy atom. The van der Waals surface area contributed by atoms with Crippen LogP contribution in [0.15, 0.2) is 42.7 Å². The molecule has 0 bridgehead atoms. The molecule has 0 spiro atoms. The summed E-state index contributed by atoms with van der Waals surface area (Å²) in [4.78, 5) is 11.8. The Kier molecular flexibility index (Phi) is 3.19. The molecule has 86 valence electrons.